The number of hydrogen-bond acceptors (Lipinski definition) is 11. The molecule has 292 valence electrons. The van der Waals surface area contributed by atoms with Crippen molar-refractivity contribution in [3.05, 3.63) is 48.1 Å². The third-order valence-corrected chi connectivity index (χ3v) is 14.1. The number of hydrogen-bond donors (Lipinski definition) is 1. The van der Waals surface area contributed by atoms with Crippen LogP contribution in [-0.2, 0) is 42.9 Å². The quantitative estimate of drug-likeness (QED) is 0.0726. The highest BCUT2D eigenvalue weighted by Crippen LogP contribution is 2.72. The summed E-state index contributed by atoms with van der Waals surface area (Å²) in [6.45, 7) is 18.8. The Labute approximate surface area is 318 Å². The van der Waals surface area contributed by atoms with Crippen molar-refractivity contribution < 1.29 is 48.0 Å². The lowest BCUT2D eigenvalue weighted by Gasteiger charge is -2.70. The van der Waals surface area contributed by atoms with Gasteiger partial charge in [-0.25, -0.2) is 0 Å². The molecule has 2 saturated carbocycles. The molecule has 0 bridgehead atoms. The number of esters is 4. The molecule has 1 unspecified atom stereocenters. The first-order valence-electron chi connectivity index (χ1n) is 19.0. The van der Waals surface area contributed by atoms with Gasteiger partial charge in [-0.3, -0.25) is 19.2 Å². The molecule has 4 aliphatic rings. The van der Waals surface area contributed by atoms with Gasteiger partial charge in [0.2, 0.25) is 0 Å². The number of carbonyl (C=O) groups excluding carboxylic acids is 4. The van der Waals surface area contributed by atoms with E-state index >= 15 is 0 Å². The number of rotatable bonds is 13. The normalized spacial score (nSPS) is 35.8. The highest BCUT2D eigenvalue weighted by molar-refractivity contribution is 7.99. The van der Waals surface area contributed by atoms with Gasteiger partial charge in [-0.05, 0) is 78.5 Å². The molecular weight excluding hydrogens is 697 g/mol. The number of carbonyl (C=O) groups is 4. The molecule has 0 spiro atoms. The highest BCUT2D eigenvalue weighted by Gasteiger charge is 2.76. The summed E-state index contributed by atoms with van der Waals surface area (Å²) in [7, 11) is 0. The minimum atomic E-state index is -1.40. The Morgan fingerprint density at radius 3 is 2.30 bits per heavy atom. The summed E-state index contributed by atoms with van der Waals surface area (Å²) in [6, 6.07) is 8.16. The van der Waals surface area contributed by atoms with E-state index in [1.54, 1.807) is 11.8 Å². The van der Waals surface area contributed by atoms with Gasteiger partial charge >= 0.3 is 23.9 Å². The van der Waals surface area contributed by atoms with Crippen molar-refractivity contribution in [2.75, 3.05) is 25.6 Å². The van der Waals surface area contributed by atoms with Gasteiger partial charge in [-0.15, -0.1) is 11.8 Å². The number of ether oxygens (including phenoxy) is 5. The van der Waals surface area contributed by atoms with Crippen LogP contribution in [0.1, 0.15) is 99.5 Å². The summed E-state index contributed by atoms with van der Waals surface area (Å²) in [5, 5.41) is 13.2. The van der Waals surface area contributed by atoms with E-state index < -0.39 is 75.9 Å². The largest absolute Gasteiger partial charge is 0.466 e. The summed E-state index contributed by atoms with van der Waals surface area (Å²) in [6.07, 6.45) is 3.00. The van der Waals surface area contributed by atoms with E-state index in [2.05, 4.69) is 32.6 Å². The average Bonchev–Trinajstić information content (AvgIpc) is 3.51. The standard InChI is InChI=1S/C42H58O10S/c1-10-11-20-53-32-15-13-12-14-31(32)25(2)22-42(47)26(3)21-35(50-28(5)44)40(9)33(42)16-17-39(8)34-23-48-24-41(34,18-19-49-27(4)43)38(52-30(7)46)36(37(39)40)51-29(6)45/h12-15,21,33-38,47H,2,10-11,16-20,22-24H2,1,3-9H3/t33-,34+,35-,36+,37?,38+,39+,40-,41+,42-/m1/s1. The second-order valence-corrected chi connectivity index (χ2v) is 17.4. The minimum Gasteiger partial charge on any atom is -0.466 e. The number of aliphatic hydroxyl groups is 1. The van der Waals surface area contributed by atoms with Gasteiger partial charge in [0.15, 0.2) is 0 Å². The summed E-state index contributed by atoms with van der Waals surface area (Å²) >= 11 is 1.79. The Morgan fingerprint density at radius 1 is 0.981 bits per heavy atom. The SMILES string of the molecule is C=C(C[C@@]1(O)C(C)=C[C@@H](OC(C)=O)[C@]2(C)C3[C@H](OC(C)=O)[C@H](OC(C)=O)[C@@]4(CCOC(C)=O)COC[C@H]4[C@]3(C)CC[C@H]21)c1ccccc1SCCCC. The monoisotopic (exact) mass is 754 g/mol. The van der Waals surface area contributed by atoms with Crippen molar-refractivity contribution in [3.8, 4) is 0 Å². The van der Waals surface area contributed by atoms with Gasteiger partial charge in [-0.1, -0.05) is 52.0 Å². The maximum atomic E-state index is 13.2. The smallest absolute Gasteiger partial charge is 0.303 e. The van der Waals surface area contributed by atoms with Crippen LogP contribution < -0.4 is 0 Å². The van der Waals surface area contributed by atoms with Crippen molar-refractivity contribution in [2.45, 2.75) is 123 Å². The van der Waals surface area contributed by atoms with Gasteiger partial charge in [0.25, 0.3) is 0 Å². The lowest BCUT2D eigenvalue weighted by atomic mass is 9.36. The fraction of sp³-hybridized carbons (Fsp3) is 0.667. The number of fused-ring (bicyclic) bond motifs is 5. The van der Waals surface area contributed by atoms with E-state index in [9.17, 15) is 24.3 Å². The molecule has 3 aliphatic carbocycles. The molecule has 0 aromatic heterocycles. The number of thioether (sulfide) groups is 1. The lowest BCUT2D eigenvalue weighted by Crippen LogP contribution is -2.74. The zero-order valence-corrected chi connectivity index (χ0v) is 33.5. The first-order chi connectivity index (χ1) is 24.9. The highest BCUT2D eigenvalue weighted by atomic mass is 32.2. The zero-order valence-electron chi connectivity index (χ0n) is 32.7. The first-order valence-corrected chi connectivity index (χ1v) is 20.0. The Bertz CT molecular complexity index is 1620. The Kier molecular flexibility index (Phi) is 12.3. The van der Waals surface area contributed by atoms with Crippen molar-refractivity contribution in [1.82, 2.24) is 0 Å². The Hall–Kier alpha value is -3.15. The van der Waals surface area contributed by atoms with Crippen molar-refractivity contribution >= 4 is 41.2 Å². The molecule has 1 aromatic rings. The third kappa shape index (κ3) is 7.46. The van der Waals surface area contributed by atoms with Crippen molar-refractivity contribution in [3.63, 3.8) is 0 Å². The molecule has 11 heteroatoms. The molecular formula is C42H58O10S. The summed E-state index contributed by atoms with van der Waals surface area (Å²) < 4.78 is 30.5. The van der Waals surface area contributed by atoms with Gasteiger partial charge in [-0.2, -0.15) is 0 Å². The number of unbranched alkanes of at least 4 members (excludes halogenated alkanes) is 1. The van der Waals surface area contributed by atoms with E-state index in [0.717, 1.165) is 34.6 Å². The maximum Gasteiger partial charge on any atom is 0.303 e. The van der Waals surface area contributed by atoms with Crippen LogP contribution >= 0.6 is 11.8 Å². The average molecular weight is 755 g/mol. The molecule has 0 radical (unpaired) electrons. The molecule has 1 heterocycles. The molecule has 1 aliphatic heterocycles. The second-order valence-electron chi connectivity index (χ2n) is 16.2. The van der Waals surface area contributed by atoms with E-state index in [-0.39, 0.29) is 25.6 Å². The third-order valence-electron chi connectivity index (χ3n) is 13.0. The molecule has 53 heavy (non-hydrogen) atoms. The summed E-state index contributed by atoms with van der Waals surface area (Å²) in [5.41, 5.74) is -1.42. The van der Waals surface area contributed by atoms with Gasteiger partial charge in [0.1, 0.15) is 18.3 Å². The van der Waals surface area contributed by atoms with Crippen LogP contribution in [0.4, 0.5) is 0 Å². The molecule has 1 aromatic carbocycles. The molecule has 10 atom stereocenters. The van der Waals surface area contributed by atoms with E-state index in [1.165, 1.54) is 27.7 Å². The van der Waals surface area contributed by atoms with Crippen LogP contribution in [-0.4, -0.2) is 78.5 Å². The van der Waals surface area contributed by atoms with E-state index in [0.29, 0.717) is 31.4 Å². The topological polar surface area (TPSA) is 135 Å². The summed E-state index contributed by atoms with van der Waals surface area (Å²) in [4.78, 5) is 52.0. The van der Waals surface area contributed by atoms with Crippen LogP contribution in [0.2, 0.25) is 0 Å². The Morgan fingerprint density at radius 2 is 1.66 bits per heavy atom. The van der Waals surface area contributed by atoms with Gasteiger partial charge in [0.05, 0.1) is 25.4 Å². The molecule has 10 nitrogen and oxygen atoms in total. The Balaban J connectivity index is 1.67. The predicted molar refractivity (Wildman–Crippen MR) is 202 cm³/mol. The summed E-state index contributed by atoms with van der Waals surface area (Å²) in [5.74, 6) is -2.30. The minimum absolute atomic E-state index is 0.0679. The fourth-order valence-corrected chi connectivity index (χ4v) is 12.1. The van der Waals surface area contributed by atoms with Gasteiger partial charge in [0, 0.05) is 61.7 Å². The van der Waals surface area contributed by atoms with Crippen LogP contribution in [0, 0.1) is 34.0 Å². The van der Waals surface area contributed by atoms with Crippen molar-refractivity contribution in [2.24, 2.45) is 34.0 Å². The fourth-order valence-electron chi connectivity index (χ4n) is 10.9. The predicted octanol–water partition coefficient (Wildman–Crippen LogP) is 7.11. The zero-order chi connectivity index (χ0) is 38.9. The van der Waals surface area contributed by atoms with E-state index in [1.807, 2.05) is 32.1 Å². The van der Waals surface area contributed by atoms with Crippen LogP contribution in [0.15, 0.2) is 47.4 Å². The molecule has 1 N–H and O–H groups in total. The second kappa shape index (κ2) is 15.9. The maximum absolute atomic E-state index is 13.2. The first kappa shape index (κ1) is 41.0. The number of benzene rings is 1. The lowest BCUT2D eigenvalue weighted by molar-refractivity contribution is -0.286. The molecule has 3 fully saturated rings. The van der Waals surface area contributed by atoms with Crippen LogP contribution in [0.5, 0.6) is 0 Å². The molecule has 1 saturated heterocycles. The van der Waals surface area contributed by atoms with Crippen LogP contribution in [0.3, 0.4) is 0 Å². The van der Waals surface area contributed by atoms with Crippen LogP contribution in [0.25, 0.3) is 5.57 Å². The van der Waals surface area contributed by atoms with E-state index in [4.69, 9.17) is 23.7 Å². The van der Waals surface area contributed by atoms with Gasteiger partial charge < -0.3 is 28.8 Å². The molecule has 5 rings (SSSR count). The molecule has 0 amide bonds. The van der Waals surface area contributed by atoms with Crippen molar-refractivity contribution in [1.29, 1.82) is 0 Å².